The van der Waals surface area contributed by atoms with Crippen molar-refractivity contribution in [3.63, 3.8) is 0 Å². The number of methoxy groups -OCH3 is 1. The van der Waals surface area contributed by atoms with Crippen LogP contribution in [-0.2, 0) is 11.2 Å². The second kappa shape index (κ2) is 8.03. The molecule has 6 nitrogen and oxygen atoms in total. The van der Waals surface area contributed by atoms with Crippen molar-refractivity contribution in [2.24, 2.45) is 0 Å². The maximum absolute atomic E-state index is 10.5. The van der Waals surface area contributed by atoms with Gasteiger partial charge < -0.3 is 19.9 Å². The van der Waals surface area contributed by atoms with Gasteiger partial charge in [-0.2, -0.15) is 0 Å². The van der Waals surface area contributed by atoms with Crippen LogP contribution in [0.25, 0.3) is 0 Å². The normalized spacial score (nSPS) is 11.6. The van der Waals surface area contributed by atoms with E-state index in [1.54, 1.807) is 19.2 Å². The van der Waals surface area contributed by atoms with Gasteiger partial charge in [0.1, 0.15) is 5.75 Å². The molecular weight excluding hydrogens is 296 g/mol. The Morgan fingerprint density at radius 3 is 2.65 bits per heavy atom. The zero-order chi connectivity index (χ0) is 16.7. The Labute approximate surface area is 135 Å². The van der Waals surface area contributed by atoms with E-state index >= 15 is 0 Å². The first kappa shape index (κ1) is 16.6. The van der Waals surface area contributed by atoms with E-state index in [-0.39, 0.29) is 12.6 Å². The van der Waals surface area contributed by atoms with Gasteiger partial charge in [-0.1, -0.05) is 6.07 Å². The van der Waals surface area contributed by atoms with Crippen molar-refractivity contribution in [1.29, 1.82) is 0 Å². The van der Waals surface area contributed by atoms with Crippen LogP contribution in [0, 0.1) is 0 Å². The summed E-state index contributed by atoms with van der Waals surface area (Å²) in [5, 5.41) is 11.9. The van der Waals surface area contributed by atoms with Crippen LogP contribution in [0.1, 0.15) is 12.6 Å². The highest BCUT2D eigenvalue weighted by Crippen LogP contribution is 2.17. The fraction of sp³-hybridized carbons (Fsp3) is 0.294. The van der Waals surface area contributed by atoms with E-state index < -0.39 is 5.97 Å². The molecule has 1 aromatic carbocycles. The first-order valence-electron chi connectivity index (χ1n) is 7.28. The highest BCUT2D eigenvalue weighted by molar-refractivity contribution is 5.68. The van der Waals surface area contributed by atoms with Crippen LogP contribution in [0.3, 0.4) is 0 Å². The van der Waals surface area contributed by atoms with E-state index in [0.29, 0.717) is 11.6 Å². The van der Waals surface area contributed by atoms with E-state index in [1.807, 2.05) is 30.3 Å². The first-order valence-corrected chi connectivity index (χ1v) is 7.28. The summed E-state index contributed by atoms with van der Waals surface area (Å²) in [7, 11) is 1.60. The molecule has 1 heterocycles. The summed E-state index contributed by atoms with van der Waals surface area (Å²) < 4.78 is 10.2. The summed E-state index contributed by atoms with van der Waals surface area (Å²) in [4.78, 5) is 14.8. The Bertz CT molecular complexity index is 643. The van der Waals surface area contributed by atoms with Crippen LogP contribution in [0.5, 0.6) is 11.6 Å². The largest absolute Gasteiger partial charge is 0.482 e. The fourth-order valence-electron chi connectivity index (χ4n) is 2.13. The van der Waals surface area contributed by atoms with E-state index in [1.165, 1.54) is 0 Å². The molecule has 0 aliphatic carbocycles. The number of hydrogen-bond donors (Lipinski definition) is 2. The van der Waals surface area contributed by atoms with Gasteiger partial charge in [0.25, 0.3) is 0 Å². The molecule has 23 heavy (non-hydrogen) atoms. The number of rotatable bonds is 8. The number of ether oxygens (including phenoxy) is 2. The molecule has 0 spiro atoms. The summed E-state index contributed by atoms with van der Waals surface area (Å²) in [5.74, 6) is 0.140. The van der Waals surface area contributed by atoms with Crippen molar-refractivity contribution in [3.05, 3.63) is 48.2 Å². The maximum Gasteiger partial charge on any atom is 0.341 e. The van der Waals surface area contributed by atoms with Crippen molar-refractivity contribution in [3.8, 4) is 11.6 Å². The first-order chi connectivity index (χ1) is 11.1. The number of hydrogen-bond acceptors (Lipinski definition) is 5. The molecule has 1 unspecified atom stereocenters. The minimum Gasteiger partial charge on any atom is -0.482 e. The van der Waals surface area contributed by atoms with Gasteiger partial charge in [-0.05, 0) is 37.3 Å². The third kappa shape index (κ3) is 5.50. The van der Waals surface area contributed by atoms with Crippen molar-refractivity contribution in [2.45, 2.75) is 19.4 Å². The Morgan fingerprint density at radius 1 is 1.26 bits per heavy atom. The second-order valence-electron chi connectivity index (χ2n) is 5.13. The molecule has 1 aromatic heterocycles. The molecule has 1 atom stereocenters. The van der Waals surface area contributed by atoms with E-state index in [4.69, 9.17) is 14.6 Å². The molecule has 0 amide bonds. The molecule has 0 aliphatic heterocycles. The number of aliphatic carboxylic acids is 1. The van der Waals surface area contributed by atoms with Gasteiger partial charge in [-0.3, -0.25) is 0 Å². The number of pyridine rings is 1. The molecule has 0 bridgehead atoms. The van der Waals surface area contributed by atoms with Crippen molar-refractivity contribution >= 4 is 11.7 Å². The summed E-state index contributed by atoms with van der Waals surface area (Å²) in [5.41, 5.74) is 1.88. The lowest BCUT2D eigenvalue weighted by molar-refractivity contribution is -0.139. The van der Waals surface area contributed by atoms with Gasteiger partial charge in [-0.15, -0.1) is 0 Å². The third-order valence-corrected chi connectivity index (χ3v) is 3.14. The second-order valence-corrected chi connectivity index (χ2v) is 5.13. The summed E-state index contributed by atoms with van der Waals surface area (Å²) in [6, 6.07) is 13.1. The number of nitrogens with one attached hydrogen (secondary N) is 1. The third-order valence-electron chi connectivity index (χ3n) is 3.14. The predicted molar refractivity (Wildman–Crippen MR) is 87.2 cm³/mol. The molecule has 0 aliphatic rings. The van der Waals surface area contributed by atoms with Gasteiger partial charge in [0, 0.05) is 29.9 Å². The van der Waals surface area contributed by atoms with Gasteiger partial charge in [-0.25, -0.2) is 9.78 Å². The average molecular weight is 316 g/mol. The SMILES string of the molecule is COc1cccc(CC(C)Nc2ccc(OCC(=O)O)cc2)n1. The number of aromatic nitrogens is 1. The number of benzene rings is 1. The molecular formula is C17H20N2O4. The molecule has 2 rings (SSSR count). The van der Waals surface area contributed by atoms with Crippen LogP contribution >= 0.6 is 0 Å². The molecule has 2 N–H and O–H groups in total. The number of carboxylic acids is 1. The highest BCUT2D eigenvalue weighted by Gasteiger charge is 2.06. The highest BCUT2D eigenvalue weighted by atomic mass is 16.5. The molecule has 0 fully saturated rings. The van der Waals surface area contributed by atoms with Crippen LogP contribution in [0.2, 0.25) is 0 Å². The molecule has 122 valence electrons. The van der Waals surface area contributed by atoms with E-state index in [9.17, 15) is 4.79 Å². The average Bonchev–Trinajstić information content (AvgIpc) is 2.54. The minimum atomic E-state index is -0.994. The Kier molecular flexibility index (Phi) is 5.80. The van der Waals surface area contributed by atoms with E-state index in [0.717, 1.165) is 17.8 Å². The predicted octanol–water partition coefficient (Wildman–Crippen LogP) is 2.60. The molecule has 0 radical (unpaired) electrons. The minimum absolute atomic E-state index is 0.181. The quantitative estimate of drug-likeness (QED) is 0.779. The van der Waals surface area contributed by atoms with Crippen LogP contribution in [-0.4, -0.2) is 35.8 Å². The number of nitrogens with zero attached hydrogens (tertiary/aromatic N) is 1. The lowest BCUT2D eigenvalue weighted by Crippen LogP contribution is -2.18. The lowest BCUT2D eigenvalue weighted by atomic mass is 10.1. The smallest absolute Gasteiger partial charge is 0.341 e. The molecule has 6 heteroatoms. The van der Waals surface area contributed by atoms with Gasteiger partial charge in [0.15, 0.2) is 6.61 Å². The zero-order valence-corrected chi connectivity index (χ0v) is 13.2. The molecule has 0 saturated heterocycles. The maximum atomic E-state index is 10.5. The molecule has 0 saturated carbocycles. The lowest BCUT2D eigenvalue weighted by Gasteiger charge is -2.15. The number of carbonyl (C=O) groups is 1. The summed E-state index contributed by atoms with van der Waals surface area (Å²) in [6.07, 6.45) is 0.758. The van der Waals surface area contributed by atoms with Gasteiger partial charge >= 0.3 is 5.97 Å². The number of anilines is 1. The Morgan fingerprint density at radius 2 is 2.00 bits per heavy atom. The fourth-order valence-corrected chi connectivity index (χ4v) is 2.13. The van der Waals surface area contributed by atoms with Crippen LogP contribution in [0.15, 0.2) is 42.5 Å². The standard InChI is InChI=1S/C17H20N2O4/c1-12(10-14-4-3-5-16(19-14)22-2)18-13-6-8-15(9-7-13)23-11-17(20)21/h3-9,12,18H,10-11H2,1-2H3,(H,20,21). The van der Waals surface area contributed by atoms with Crippen molar-refractivity contribution in [1.82, 2.24) is 4.98 Å². The number of carboxylic acid groups (broad SMARTS) is 1. The van der Waals surface area contributed by atoms with Crippen molar-refractivity contribution in [2.75, 3.05) is 19.0 Å². The van der Waals surface area contributed by atoms with Crippen LogP contribution < -0.4 is 14.8 Å². The molecule has 2 aromatic rings. The Balaban J connectivity index is 1.89. The topological polar surface area (TPSA) is 80.7 Å². The summed E-state index contributed by atoms with van der Waals surface area (Å²) >= 11 is 0. The van der Waals surface area contributed by atoms with Gasteiger partial charge in [0.05, 0.1) is 7.11 Å². The Hall–Kier alpha value is -2.76. The summed E-state index contributed by atoms with van der Waals surface area (Å²) in [6.45, 7) is 1.72. The zero-order valence-electron chi connectivity index (χ0n) is 13.2. The monoisotopic (exact) mass is 316 g/mol. The van der Waals surface area contributed by atoms with Gasteiger partial charge in [0.2, 0.25) is 5.88 Å². The van der Waals surface area contributed by atoms with Crippen molar-refractivity contribution < 1.29 is 19.4 Å². The van der Waals surface area contributed by atoms with E-state index in [2.05, 4.69) is 17.2 Å². The van der Waals surface area contributed by atoms with Crippen LogP contribution in [0.4, 0.5) is 5.69 Å².